The zero-order valence-corrected chi connectivity index (χ0v) is 8.21. The van der Waals surface area contributed by atoms with Gasteiger partial charge < -0.3 is 10.8 Å². The fraction of sp³-hybridized carbons (Fsp3) is 0. The second-order valence-electron chi connectivity index (χ2n) is 2.35. The number of rotatable bonds is 2. The molecule has 14 heavy (non-hydrogen) atoms. The Morgan fingerprint density at radius 2 is 2.14 bits per heavy atom. The van der Waals surface area contributed by atoms with Crippen LogP contribution in [0.1, 0.15) is 10.4 Å². The average Bonchev–Trinajstić information content (AvgIpc) is 2.02. The van der Waals surface area contributed by atoms with Gasteiger partial charge in [0.15, 0.2) is 0 Å². The smallest absolute Gasteiger partial charge is 0.337 e. The summed E-state index contributed by atoms with van der Waals surface area (Å²) in [5.74, 6) is -1.64. The Morgan fingerprint density at radius 1 is 1.57 bits per heavy atom. The van der Waals surface area contributed by atoms with Crippen LogP contribution in [0.3, 0.4) is 0 Å². The average molecular weight is 237 g/mol. The standard InChI is InChI=1S/C6H5ClN2O4S/c7-14(12,13)4-1-3(6(10)11)2-9-5(4)8/h1-2H,(H2,8,9)(H,10,11). The van der Waals surface area contributed by atoms with E-state index in [9.17, 15) is 13.2 Å². The molecule has 0 fully saturated rings. The Labute approximate surface area is 83.7 Å². The van der Waals surface area contributed by atoms with Gasteiger partial charge in [0.25, 0.3) is 9.05 Å². The highest BCUT2D eigenvalue weighted by Gasteiger charge is 2.17. The van der Waals surface area contributed by atoms with Gasteiger partial charge in [-0.3, -0.25) is 0 Å². The van der Waals surface area contributed by atoms with Crippen molar-refractivity contribution in [2.75, 3.05) is 5.73 Å². The van der Waals surface area contributed by atoms with Crippen LogP contribution in [0.15, 0.2) is 17.2 Å². The molecule has 3 N–H and O–H groups in total. The first-order chi connectivity index (χ1) is 6.32. The fourth-order valence-corrected chi connectivity index (χ4v) is 1.71. The van der Waals surface area contributed by atoms with Gasteiger partial charge >= 0.3 is 5.97 Å². The zero-order valence-electron chi connectivity index (χ0n) is 6.64. The van der Waals surface area contributed by atoms with Crippen LogP contribution in [0.5, 0.6) is 0 Å². The number of carbonyl (C=O) groups is 1. The number of pyridine rings is 1. The molecular formula is C6H5ClN2O4S. The van der Waals surface area contributed by atoms with E-state index in [1.807, 2.05) is 0 Å². The van der Waals surface area contributed by atoms with Gasteiger partial charge in [-0.05, 0) is 6.07 Å². The first kappa shape index (κ1) is 10.7. The molecule has 1 heterocycles. The van der Waals surface area contributed by atoms with Crippen molar-refractivity contribution >= 4 is 31.5 Å². The Bertz CT molecular complexity index is 485. The van der Waals surface area contributed by atoms with Crippen molar-refractivity contribution in [2.24, 2.45) is 0 Å². The number of nitrogen functional groups attached to an aromatic ring is 1. The lowest BCUT2D eigenvalue weighted by Gasteiger charge is -2.01. The highest BCUT2D eigenvalue weighted by Crippen LogP contribution is 2.21. The molecule has 76 valence electrons. The molecule has 0 atom stereocenters. The van der Waals surface area contributed by atoms with Gasteiger partial charge in [0.2, 0.25) is 0 Å². The van der Waals surface area contributed by atoms with Crippen LogP contribution in [0.25, 0.3) is 0 Å². The maximum atomic E-state index is 10.9. The van der Waals surface area contributed by atoms with Crippen molar-refractivity contribution in [1.29, 1.82) is 0 Å². The molecule has 0 unspecified atom stereocenters. The third kappa shape index (κ3) is 2.12. The number of aromatic nitrogens is 1. The normalized spacial score (nSPS) is 11.2. The summed E-state index contributed by atoms with van der Waals surface area (Å²) < 4.78 is 21.8. The summed E-state index contributed by atoms with van der Waals surface area (Å²) >= 11 is 0. The first-order valence-electron chi connectivity index (χ1n) is 3.26. The number of nitrogens with zero attached hydrogens (tertiary/aromatic N) is 1. The highest BCUT2D eigenvalue weighted by atomic mass is 35.7. The fourth-order valence-electron chi connectivity index (χ4n) is 0.767. The highest BCUT2D eigenvalue weighted by molar-refractivity contribution is 8.13. The molecule has 0 saturated carbocycles. The summed E-state index contributed by atoms with van der Waals surface area (Å²) in [7, 11) is 0.932. The lowest BCUT2D eigenvalue weighted by molar-refractivity contribution is 0.0696. The number of anilines is 1. The molecule has 0 radical (unpaired) electrons. The van der Waals surface area contributed by atoms with Crippen molar-refractivity contribution in [3.63, 3.8) is 0 Å². The van der Waals surface area contributed by atoms with Crippen LogP contribution in [0, 0.1) is 0 Å². The van der Waals surface area contributed by atoms with E-state index in [1.165, 1.54) is 0 Å². The summed E-state index contributed by atoms with van der Waals surface area (Å²) in [6.07, 6.45) is 0.948. The topological polar surface area (TPSA) is 110 Å². The van der Waals surface area contributed by atoms with Crippen molar-refractivity contribution < 1.29 is 18.3 Å². The number of aromatic carboxylic acids is 1. The van der Waals surface area contributed by atoms with Crippen LogP contribution in [0.4, 0.5) is 5.82 Å². The van der Waals surface area contributed by atoms with Crippen molar-refractivity contribution in [3.8, 4) is 0 Å². The molecule has 0 spiro atoms. The lowest BCUT2D eigenvalue weighted by Crippen LogP contribution is -2.05. The van der Waals surface area contributed by atoms with Gasteiger partial charge in [0, 0.05) is 16.9 Å². The molecule has 8 heteroatoms. The van der Waals surface area contributed by atoms with E-state index in [2.05, 4.69) is 4.98 Å². The minimum Gasteiger partial charge on any atom is -0.478 e. The van der Waals surface area contributed by atoms with E-state index in [-0.39, 0.29) is 11.4 Å². The lowest BCUT2D eigenvalue weighted by atomic mass is 10.3. The third-order valence-electron chi connectivity index (χ3n) is 1.39. The SMILES string of the molecule is Nc1ncc(C(=O)O)cc1S(=O)(=O)Cl. The van der Waals surface area contributed by atoms with Gasteiger partial charge in [-0.1, -0.05) is 0 Å². The maximum Gasteiger partial charge on any atom is 0.337 e. The molecule has 1 rings (SSSR count). The molecule has 0 saturated heterocycles. The van der Waals surface area contributed by atoms with Crippen LogP contribution >= 0.6 is 10.7 Å². The number of hydrogen-bond acceptors (Lipinski definition) is 5. The van der Waals surface area contributed by atoms with Crippen LogP contribution in [0.2, 0.25) is 0 Å². The summed E-state index contributed by atoms with van der Waals surface area (Å²) in [4.78, 5) is 13.4. The second-order valence-corrected chi connectivity index (χ2v) is 4.88. The number of carboxylic acid groups (broad SMARTS) is 1. The van der Waals surface area contributed by atoms with Gasteiger partial charge in [-0.15, -0.1) is 0 Å². The monoisotopic (exact) mass is 236 g/mol. The van der Waals surface area contributed by atoms with E-state index in [1.54, 1.807) is 0 Å². The zero-order chi connectivity index (χ0) is 10.9. The predicted molar refractivity (Wildman–Crippen MR) is 48.6 cm³/mol. The van der Waals surface area contributed by atoms with E-state index in [4.69, 9.17) is 21.5 Å². The number of carboxylic acids is 1. The molecule has 0 aromatic carbocycles. The van der Waals surface area contributed by atoms with Gasteiger partial charge in [0.1, 0.15) is 10.7 Å². The molecule has 0 aliphatic heterocycles. The minimum absolute atomic E-state index is 0.293. The van der Waals surface area contributed by atoms with Crippen LogP contribution in [-0.2, 0) is 9.05 Å². The molecule has 0 amide bonds. The van der Waals surface area contributed by atoms with Gasteiger partial charge in [-0.25, -0.2) is 18.2 Å². The summed E-state index contributed by atoms with van der Waals surface area (Å²) in [6.45, 7) is 0. The van der Waals surface area contributed by atoms with E-state index in [0.717, 1.165) is 12.3 Å². The minimum atomic E-state index is -4.07. The summed E-state index contributed by atoms with van der Waals surface area (Å²) in [6, 6.07) is 0.854. The molecule has 6 nitrogen and oxygen atoms in total. The van der Waals surface area contributed by atoms with Crippen LogP contribution in [-0.4, -0.2) is 24.5 Å². The van der Waals surface area contributed by atoms with Crippen LogP contribution < -0.4 is 5.73 Å². The van der Waals surface area contributed by atoms with E-state index < -0.39 is 19.9 Å². The summed E-state index contributed by atoms with van der Waals surface area (Å²) in [5, 5.41) is 8.55. The molecule has 1 aromatic heterocycles. The van der Waals surface area contributed by atoms with E-state index >= 15 is 0 Å². The second kappa shape index (κ2) is 3.43. The van der Waals surface area contributed by atoms with Crippen molar-refractivity contribution in [3.05, 3.63) is 17.8 Å². The first-order valence-corrected chi connectivity index (χ1v) is 5.57. The Balaban J connectivity index is 3.44. The number of hydrogen-bond donors (Lipinski definition) is 2. The molecule has 0 aliphatic carbocycles. The van der Waals surface area contributed by atoms with Crippen molar-refractivity contribution in [1.82, 2.24) is 4.98 Å². The predicted octanol–water partition coefficient (Wildman–Crippen LogP) is 0.290. The third-order valence-corrected chi connectivity index (χ3v) is 2.74. The Kier molecular flexibility index (Phi) is 2.63. The molecule has 0 bridgehead atoms. The molecule has 1 aromatic rings. The number of nitrogens with two attached hydrogens (primary N) is 1. The van der Waals surface area contributed by atoms with Gasteiger partial charge in [-0.2, -0.15) is 0 Å². The largest absolute Gasteiger partial charge is 0.478 e. The Hall–Kier alpha value is -1.34. The summed E-state index contributed by atoms with van der Waals surface area (Å²) in [5.41, 5.74) is 4.91. The van der Waals surface area contributed by atoms with Crippen molar-refractivity contribution in [2.45, 2.75) is 4.90 Å². The number of halogens is 1. The quantitative estimate of drug-likeness (QED) is 0.714. The Morgan fingerprint density at radius 3 is 2.57 bits per heavy atom. The van der Waals surface area contributed by atoms with Gasteiger partial charge in [0.05, 0.1) is 5.56 Å². The van der Waals surface area contributed by atoms with E-state index in [0.29, 0.717) is 0 Å². The maximum absolute atomic E-state index is 10.9. The molecular weight excluding hydrogens is 232 g/mol. The molecule has 0 aliphatic rings.